The van der Waals surface area contributed by atoms with Gasteiger partial charge in [0.25, 0.3) is 0 Å². The predicted octanol–water partition coefficient (Wildman–Crippen LogP) is 8.07. The molecule has 0 unspecified atom stereocenters. The van der Waals surface area contributed by atoms with Gasteiger partial charge in [0.05, 0.1) is 16.7 Å². The number of hydrogen-bond acceptors (Lipinski definition) is 2. The van der Waals surface area contributed by atoms with Crippen LogP contribution in [0.15, 0.2) is 121 Å². The van der Waals surface area contributed by atoms with Gasteiger partial charge in [0.2, 0.25) is 0 Å². The van der Waals surface area contributed by atoms with E-state index in [4.69, 9.17) is 4.98 Å². The molecule has 0 bridgehead atoms. The second-order valence-corrected chi connectivity index (χ2v) is 15.4. The largest absolute Gasteiger partial charge is 0.254 e. The molecule has 39 heavy (non-hydrogen) atoms. The third-order valence-electron chi connectivity index (χ3n) is 8.51. The minimum atomic E-state index is -1.66. The smallest absolute Gasteiger partial charge is 0.113 e. The van der Waals surface area contributed by atoms with Crippen LogP contribution in [0.3, 0.4) is 0 Å². The first-order valence-corrected chi connectivity index (χ1v) is 16.5. The molecule has 0 spiro atoms. The first-order valence-electron chi connectivity index (χ1n) is 13.5. The van der Waals surface area contributed by atoms with E-state index in [0.717, 1.165) is 33.1 Å². The van der Waals surface area contributed by atoms with Crippen LogP contribution in [0.1, 0.15) is 0 Å². The van der Waals surface area contributed by atoms with Gasteiger partial charge in [0.1, 0.15) is 8.07 Å². The molecule has 0 N–H and O–H groups in total. The number of benzene rings is 5. The third-order valence-corrected chi connectivity index (χ3v) is 12.1. The average molecular weight is 515 g/mol. The highest BCUT2D eigenvalue weighted by Gasteiger charge is 2.37. The van der Waals surface area contributed by atoms with Crippen LogP contribution >= 0.6 is 0 Å². The van der Waals surface area contributed by atoms with E-state index >= 15 is 0 Å². The maximum Gasteiger partial charge on any atom is 0.113 e. The van der Waals surface area contributed by atoms with Gasteiger partial charge in [-0.05, 0) is 61.6 Å². The second kappa shape index (κ2) is 8.20. The fourth-order valence-electron chi connectivity index (χ4n) is 6.43. The van der Waals surface area contributed by atoms with Crippen LogP contribution in [0.4, 0.5) is 0 Å². The van der Waals surface area contributed by atoms with Gasteiger partial charge in [-0.25, -0.2) is 4.98 Å². The third kappa shape index (κ3) is 3.33. The Morgan fingerprint density at radius 2 is 1.26 bits per heavy atom. The summed E-state index contributed by atoms with van der Waals surface area (Å²) in [7, 11) is -1.66. The minimum absolute atomic E-state index is 0.949. The summed E-state index contributed by atoms with van der Waals surface area (Å²) in [6.45, 7) is 4.95. The van der Waals surface area contributed by atoms with Gasteiger partial charge >= 0.3 is 0 Å². The van der Waals surface area contributed by atoms with Crippen molar-refractivity contribution in [2.45, 2.75) is 13.1 Å². The van der Waals surface area contributed by atoms with Gasteiger partial charge < -0.3 is 0 Å². The zero-order valence-electron chi connectivity index (χ0n) is 21.9. The van der Waals surface area contributed by atoms with E-state index in [1.54, 1.807) is 10.4 Å². The van der Waals surface area contributed by atoms with Gasteiger partial charge in [-0.1, -0.05) is 110 Å². The van der Waals surface area contributed by atoms with Gasteiger partial charge in [0, 0.05) is 22.5 Å². The van der Waals surface area contributed by atoms with Gasteiger partial charge in [0.15, 0.2) is 0 Å². The Balaban J connectivity index is 1.19. The molecule has 0 radical (unpaired) electrons. The molecule has 3 heteroatoms. The molecule has 1 aliphatic heterocycles. The molecule has 0 fully saturated rings. The standard InChI is InChI=1S/C36H26N2Si/c1-39(2)32-8-4-3-7-30(32)34-29-18-15-27(22-28(29)17-20-33(34)39)23-9-11-24(12-10-23)31-19-16-26-14-13-25-6-5-21-37-35(25)36(26)38-31/h3-22H,1-2H3. The van der Waals surface area contributed by atoms with Crippen LogP contribution in [-0.4, -0.2) is 18.0 Å². The lowest BCUT2D eigenvalue weighted by Crippen LogP contribution is -2.49. The highest BCUT2D eigenvalue weighted by molar-refractivity contribution is 7.04. The van der Waals surface area contributed by atoms with Crippen LogP contribution in [-0.2, 0) is 0 Å². The summed E-state index contributed by atoms with van der Waals surface area (Å²) >= 11 is 0. The molecule has 2 nitrogen and oxygen atoms in total. The maximum atomic E-state index is 5.02. The Morgan fingerprint density at radius 1 is 0.538 bits per heavy atom. The first kappa shape index (κ1) is 22.4. The van der Waals surface area contributed by atoms with Crippen LogP contribution in [0.25, 0.3) is 66.1 Å². The number of rotatable bonds is 2. The van der Waals surface area contributed by atoms with Crippen LogP contribution < -0.4 is 10.4 Å². The van der Waals surface area contributed by atoms with Crippen molar-refractivity contribution in [1.29, 1.82) is 0 Å². The van der Waals surface area contributed by atoms with Crippen molar-refractivity contribution in [2.24, 2.45) is 0 Å². The molecule has 8 rings (SSSR count). The lowest BCUT2D eigenvalue weighted by atomic mass is 9.95. The monoisotopic (exact) mass is 514 g/mol. The number of fused-ring (bicyclic) bond motifs is 8. The summed E-state index contributed by atoms with van der Waals surface area (Å²) in [6.07, 6.45) is 1.84. The summed E-state index contributed by atoms with van der Waals surface area (Å²) in [5, 5.41) is 7.99. The number of aromatic nitrogens is 2. The Bertz CT molecular complexity index is 2090. The molecule has 0 aliphatic carbocycles. The molecule has 0 saturated heterocycles. The molecular formula is C36H26N2Si. The highest BCUT2D eigenvalue weighted by atomic mass is 28.3. The summed E-state index contributed by atoms with van der Waals surface area (Å²) in [5.41, 5.74) is 9.29. The number of hydrogen-bond donors (Lipinski definition) is 0. The lowest BCUT2D eigenvalue weighted by Gasteiger charge is -2.18. The molecule has 3 heterocycles. The summed E-state index contributed by atoms with van der Waals surface area (Å²) < 4.78 is 0. The van der Waals surface area contributed by atoms with Gasteiger partial charge in [-0.3, -0.25) is 4.98 Å². The van der Waals surface area contributed by atoms with Gasteiger partial charge in [-0.2, -0.15) is 0 Å². The summed E-state index contributed by atoms with van der Waals surface area (Å²) in [6, 6.07) is 42.0. The molecule has 2 aromatic heterocycles. The molecule has 0 saturated carbocycles. The van der Waals surface area contributed by atoms with E-state index in [-0.39, 0.29) is 0 Å². The topological polar surface area (TPSA) is 25.8 Å². The molecular weight excluding hydrogens is 488 g/mol. The number of nitrogens with zero attached hydrogens (tertiary/aromatic N) is 2. The molecule has 184 valence electrons. The van der Waals surface area contributed by atoms with Crippen LogP contribution in [0.5, 0.6) is 0 Å². The molecule has 7 aromatic rings. The van der Waals surface area contributed by atoms with Crippen molar-refractivity contribution in [3.63, 3.8) is 0 Å². The normalized spacial score (nSPS) is 13.6. The van der Waals surface area contributed by atoms with E-state index in [2.05, 4.69) is 127 Å². The molecule has 1 aliphatic rings. The Morgan fingerprint density at radius 3 is 2.13 bits per heavy atom. The number of pyridine rings is 2. The zero-order chi connectivity index (χ0) is 26.1. The predicted molar refractivity (Wildman–Crippen MR) is 168 cm³/mol. The Kier molecular flexibility index (Phi) is 4.70. The fraction of sp³-hybridized carbons (Fsp3) is 0.0556. The summed E-state index contributed by atoms with van der Waals surface area (Å²) in [5.74, 6) is 0. The van der Waals surface area contributed by atoms with E-state index in [1.807, 2.05) is 12.3 Å². The van der Waals surface area contributed by atoms with Crippen molar-refractivity contribution in [1.82, 2.24) is 9.97 Å². The van der Waals surface area contributed by atoms with Gasteiger partial charge in [-0.15, -0.1) is 0 Å². The van der Waals surface area contributed by atoms with E-state index in [1.165, 1.54) is 33.0 Å². The Labute approximate surface area is 228 Å². The molecule has 0 amide bonds. The molecule has 5 aromatic carbocycles. The van der Waals surface area contributed by atoms with Crippen molar-refractivity contribution in [2.75, 3.05) is 0 Å². The highest BCUT2D eigenvalue weighted by Crippen LogP contribution is 2.36. The quantitative estimate of drug-likeness (QED) is 0.172. The van der Waals surface area contributed by atoms with Crippen LogP contribution in [0.2, 0.25) is 13.1 Å². The van der Waals surface area contributed by atoms with Crippen molar-refractivity contribution in [3.05, 3.63) is 121 Å². The maximum absolute atomic E-state index is 5.02. The van der Waals surface area contributed by atoms with Crippen LogP contribution in [0, 0.1) is 0 Å². The lowest BCUT2D eigenvalue weighted by molar-refractivity contribution is 1.37. The second-order valence-electron chi connectivity index (χ2n) is 11.1. The van der Waals surface area contributed by atoms with E-state index < -0.39 is 8.07 Å². The SMILES string of the molecule is C[Si]1(C)c2ccccc2-c2c1ccc1cc(-c3ccc(-c4ccc5ccc6cccnc6c5n4)cc3)ccc21. The first-order chi connectivity index (χ1) is 19.1. The summed E-state index contributed by atoms with van der Waals surface area (Å²) in [4.78, 5) is 9.63. The molecule has 0 atom stereocenters. The van der Waals surface area contributed by atoms with E-state index in [9.17, 15) is 0 Å². The average Bonchev–Trinajstić information content (AvgIpc) is 3.23. The van der Waals surface area contributed by atoms with Crippen molar-refractivity contribution >= 4 is 51.0 Å². The van der Waals surface area contributed by atoms with E-state index in [0.29, 0.717) is 0 Å². The van der Waals surface area contributed by atoms with Crippen molar-refractivity contribution < 1.29 is 0 Å². The minimum Gasteiger partial charge on any atom is -0.254 e. The zero-order valence-corrected chi connectivity index (χ0v) is 22.9. The fourth-order valence-corrected chi connectivity index (χ4v) is 9.51. The van der Waals surface area contributed by atoms with Crippen molar-refractivity contribution in [3.8, 4) is 33.5 Å². The Hall–Kier alpha value is -4.60.